The van der Waals surface area contributed by atoms with Crippen LogP contribution in [-0.4, -0.2) is 67.8 Å². The number of aromatic nitrogens is 4. The summed E-state index contributed by atoms with van der Waals surface area (Å²) < 4.78 is 1.74. The molecule has 5 rings (SSSR count). The fourth-order valence-corrected chi connectivity index (χ4v) is 5.17. The third-order valence-corrected chi connectivity index (χ3v) is 7.46. The molecule has 184 valence electrons. The number of carbonyl (C=O) groups excluding carboxylic acids is 1. The van der Waals surface area contributed by atoms with E-state index in [2.05, 4.69) is 27.1 Å². The Morgan fingerprint density at radius 3 is 2.50 bits per heavy atom. The molecule has 1 N–H and O–H groups in total. The number of hydrogen-bond donors (Lipinski definition) is 1. The maximum absolute atomic E-state index is 12.5. The van der Waals surface area contributed by atoms with Gasteiger partial charge in [-0.2, -0.15) is 10.4 Å². The van der Waals surface area contributed by atoms with Crippen molar-refractivity contribution in [1.29, 1.82) is 5.26 Å². The fraction of sp³-hybridized carbons (Fsp3) is 0.346. The first-order chi connectivity index (χ1) is 17.4. The lowest BCUT2D eigenvalue weighted by Gasteiger charge is -2.36. The molecule has 5 heterocycles. The van der Waals surface area contributed by atoms with Crippen molar-refractivity contribution in [2.45, 2.75) is 26.9 Å². The summed E-state index contributed by atoms with van der Waals surface area (Å²) in [6.45, 7) is 8.04. The zero-order chi connectivity index (χ0) is 25.4. The number of aliphatic hydroxyl groups is 1. The largest absolute Gasteiger partial charge is 0.383 e. The van der Waals surface area contributed by atoms with Crippen LogP contribution >= 0.6 is 11.3 Å². The lowest BCUT2D eigenvalue weighted by atomic mass is 10.0. The first kappa shape index (κ1) is 23.9. The molecule has 0 radical (unpaired) electrons. The van der Waals surface area contributed by atoms with Gasteiger partial charge in [0, 0.05) is 61.5 Å². The first-order valence-electron chi connectivity index (χ1n) is 11.9. The molecule has 1 atom stereocenters. The zero-order valence-corrected chi connectivity index (χ0v) is 21.2. The van der Waals surface area contributed by atoms with Crippen LogP contribution in [0.15, 0.2) is 43.0 Å². The summed E-state index contributed by atoms with van der Waals surface area (Å²) >= 11 is 1.61. The van der Waals surface area contributed by atoms with E-state index >= 15 is 0 Å². The molecular formula is C26H27N7O2S. The van der Waals surface area contributed by atoms with Gasteiger partial charge in [-0.25, -0.2) is 14.5 Å². The third-order valence-electron chi connectivity index (χ3n) is 6.50. The van der Waals surface area contributed by atoms with E-state index in [0.29, 0.717) is 31.7 Å². The van der Waals surface area contributed by atoms with Crippen molar-refractivity contribution in [3.63, 3.8) is 0 Å². The Morgan fingerprint density at radius 1 is 1.11 bits per heavy atom. The Morgan fingerprint density at radius 2 is 1.89 bits per heavy atom. The molecular weight excluding hydrogens is 474 g/mol. The highest BCUT2D eigenvalue weighted by atomic mass is 32.1. The van der Waals surface area contributed by atoms with Crippen LogP contribution in [0.4, 0.5) is 5.82 Å². The SMILES string of the molecule is Cc1ncc(-c2cc(-c3ccc(N4CCN(C(=O)C(O)C(C)C)CC4)nc3)c3c(C#N)cnn3c2)s1. The van der Waals surface area contributed by atoms with Gasteiger partial charge >= 0.3 is 0 Å². The van der Waals surface area contributed by atoms with Gasteiger partial charge in [0.2, 0.25) is 0 Å². The number of piperazine rings is 1. The van der Waals surface area contributed by atoms with Crippen LogP contribution in [0, 0.1) is 24.2 Å². The molecule has 0 spiro atoms. The number of anilines is 1. The van der Waals surface area contributed by atoms with Gasteiger partial charge in [0.05, 0.1) is 27.2 Å². The maximum Gasteiger partial charge on any atom is 0.251 e. The van der Waals surface area contributed by atoms with Crippen LogP contribution in [0.5, 0.6) is 0 Å². The standard InChI is InChI=1S/C26H27N7O2S/c1-16(2)25(34)26(35)32-8-6-31(7-9-32)23-5-4-18(12-29-23)21-10-19(22-14-28-17(3)36-22)15-33-24(21)20(11-27)13-30-33/h4-5,10,12-16,25,34H,6-9H2,1-3H3. The normalized spacial score (nSPS) is 14.9. The molecule has 10 heteroatoms. The molecule has 1 amide bonds. The summed E-state index contributed by atoms with van der Waals surface area (Å²) in [6.07, 6.45) is 6.22. The minimum absolute atomic E-state index is 0.104. The predicted octanol–water partition coefficient (Wildman–Crippen LogP) is 3.37. The highest BCUT2D eigenvalue weighted by Crippen LogP contribution is 2.34. The van der Waals surface area contributed by atoms with Crippen LogP contribution < -0.4 is 4.90 Å². The summed E-state index contributed by atoms with van der Waals surface area (Å²) in [5, 5.41) is 25.1. The minimum atomic E-state index is -0.961. The van der Waals surface area contributed by atoms with Crippen molar-refractivity contribution in [1.82, 2.24) is 24.5 Å². The zero-order valence-electron chi connectivity index (χ0n) is 20.4. The minimum Gasteiger partial charge on any atom is -0.383 e. The van der Waals surface area contributed by atoms with Crippen molar-refractivity contribution in [3.05, 3.63) is 53.6 Å². The summed E-state index contributed by atoms with van der Waals surface area (Å²) in [7, 11) is 0. The van der Waals surface area contributed by atoms with Crippen molar-refractivity contribution in [3.8, 4) is 27.6 Å². The molecule has 1 unspecified atom stereocenters. The van der Waals surface area contributed by atoms with Crippen LogP contribution in [0.25, 0.3) is 27.1 Å². The van der Waals surface area contributed by atoms with Crippen molar-refractivity contribution >= 4 is 28.6 Å². The molecule has 1 saturated heterocycles. The van der Waals surface area contributed by atoms with Crippen molar-refractivity contribution in [2.75, 3.05) is 31.1 Å². The van der Waals surface area contributed by atoms with Gasteiger partial charge in [0.25, 0.3) is 5.91 Å². The number of aliphatic hydroxyl groups excluding tert-OH is 1. The molecule has 0 saturated carbocycles. The molecule has 4 aromatic rings. The molecule has 0 aliphatic carbocycles. The summed E-state index contributed by atoms with van der Waals surface area (Å²) in [6, 6.07) is 8.28. The molecule has 1 aliphatic rings. The van der Waals surface area contributed by atoms with E-state index in [9.17, 15) is 15.2 Å². The number of pyridine rings is 2. The van der Waals surface area contributed by atoms with E-state index in [-0.39, 0.29) is 11.8 Å². The number of rotatable bonds is 5. The monoisotopic (exact) mass is 501 g/mol. The van der Waals surface area contributed by atoms with Crippen LogP contribution in [0.2, 0.25) is 0 Å². The second kappa shape index (κ2) is 9.68. The van der Waals surface area contributed by atoms with E-state index < -0.39 is 6.10 Å². The number of aryl methyl sites for hydroxylation is 1. The smallest absolute Gasteiger partial charge is 0.251 e. The second-order valence-corrected chi connectivity index (χ2v) is 10.5. The van der Waals surface area contributed by atoms with Gasteiger partial charge in [-0.1, -0.05) is 13.8 Å². The molecule has 1 fully saturated rings. The van der Waals surface area contributed by atoms with E-state index in [1.807, 2.05) is 51.5 Å². The summed E-state index contributed by atoms with van der Waals surface area (Å²) in [4.78, 5) is 26.4. The van der Waals surface area contributed by atoms with Crippen LogP contribution in [-0.2, 0) is 4.79 Å². The Bertz CT molecular complexity index is 1440. The van der Waals surface area contributed by atoms with Gasteiger partial charge in [0.15, 0.2) is 0 Å². The van der Waals surface area contributed by atoms with Gasteiger partial charge in [0.1, 0.15) is 18.0 Å². The molecule has 1 aliphatic heterocycles. The molecule has 36 heavy (non-hydrogen) atoms. The fourth-order valence-electron chi connectivity index (χ4n) is 4.41. The topological polar surface area (TPSA) is 111 Å². The van der Waals surface area contributed by atoms with Crippen LogP contribution in [0.1, 0.15) is 24.4 Å². The third kappa shape index (κ3) is 4.43. The molecule has 9 nitrogen and oxygen atoms in total. The Kier molecular flexibility index (Phi) is 6.43. The Labute approximate surface area is 213 Å². The Balaban J connectivity index is 1.41. The van der Waals surface area contributed by atoms with E-state index in [1.54, 1.807) is 26.9 Å². The molecule has 0 aromatic carbocycles. The maximum atomic E-state index is 12.5. The lowest BCUT2D eigenvalue weighted by Crippen LogP contribution is -2.52. The predicted molar refractivity (Wildman–Crippen MR) is 139 cm³/mol. The Hall–Kier alpha value is -3.81. The van der Waals surface area contributed by atoms with Gasteiger partial charge < -0.3 is 14.9 Å². The number of carbonyl (C=O) groups is 1. The average molecular weight is 502 g/mol. The number of hydrogen-bond acceptors (Lipinski definition) is 8. The number of nitrogens with zero attached hydrogens (tertiary/aromatic N) is 7. The number of amides is 1. The lowest BCUT2D eigenvalue weighted by molar-refractivity contribution is -0.142. The van der Waals surface area contributed by atoms with Gasteiger partial charge in [-0.3, -0.25) is 4.79 Å². The molecule has 0 bridgehead atoms. The number of thiazole rings is 1. The highest BCUT2D eigenvalue weighted by molar-refractivity contribution is 7.15. The average Bonchev–Trinajstić information content (AvgIpc) is 3.53. The van der Waals surface area contributed by atoms with E-state index in [0.717, 1.165) is 37.9 Å². The van der Waals surface area contributed by atoms with Gasteiger partial charge in [-0.15, -0.1) is 11.3 Å². The van der Waals surface area contributed by atoms with Crippen molar-refractivity contribution < 1.29 is 9.90 Å². The first-order valence-corrected chi connectivity index (χ1v) is 12.7. The van der Waals surface area contributed by atoms with Crippen molar-refractivity contribution in [2.24, 2.45) is 5.92 Å². The molecule has 4 aromatic heterocycles. The highest BCUT2D eigenvalue weighted by Gasteiger charge is 2.28. The summed E-state index contributed by atoms with van der Waals surface area (Å²) in [5.41, 5.74) is 3.99. The number of nitriles is 1. The van der Waals surface area contributed by atoms with Gasteiger partial charge in [-0.05, 0) is 31.0 Å². The quantitative estimate of drug-likeness (QED) is 0.446. The number of fused-ring (bicyclic) bond motifs is 1. The van der Waals surface area contributed by atoms with E-state index in [1.165, 1.54) is 0 Å². The second-order valence-electron chi connectivity index (χ2n) is 9.26. The van der Waals surface area contributed by atoms with E-state index in [4.69, 9.17) is 4.98 Å². The summed E-state index contributed by atoms with van der Waals surface area (Å²) in [5.74, 6) is 0.517. The van der Waals surface area contributed by atoms with Crippen LogP contribution in [0.3, 0.4) is 0 Å².